The minimum atomic E-state index is 0.0192. The summed E-state index contributed by atoms with van der Waals surface area (Å²) in [5.41, 5.74) is 3.20. The van der Waals surface area contributed by atoms with Gasteiger partial charge < -0.3 is 14.8 Å². The number of hydrogen-bond donors (Lipinski definition) is 1. The summed E-state index contributed by atoms with van der Waals surface area (Å²) in [7, 11) is 0. The number of anilines is 1. The van der Waals surface area contributed by atoms with Crippen LogP contribution in [0.15, 0.2) is 42.5 Å². The van der Waals surface area contributed by atoms with E-state index < -0.39 is 0 Å². The van der Waals surface area contributed by atoms with Gasteiger partial charge in [0.25, 0.3) is 0 Å². The average Bonchev–Trinajstić information content (AvgIpc) is 2.62. The molecule has 134 valence electrons. The minimum absolute atomic E-state index is 0.0192. The molecule has 0 heterocycles. The fourth-order valence-corrected chi connectivity index (χ4v) is 2.66. The Morgan fingerprint density at radius 2 is 1.72 bits per heavy atom. The van der Waals surface area contributed by atoms with E-state index >= 15 is 0 Å². The van der Waals surface area contributed by atoms with Crippen LogP contribution in [0.2, 0.25) is 0 Å². The molecule has 0 radical (unpaired) electrons. The number of amides is 1. The molecule has 0 unspecified atom stereocenters. The SMILES string of the molecule is CCOc1ccccc1OCCCC(=O)Nc1c(C)cccc1CC. The van der Waals surface area contributed by atoms with Crippen LogP contribution in [-0.4, -0.2) is 19.1 Å². The van der Waals surface area contributed by atoms with E-state index in [2.05, 4.69) is 18.3 Å². The zero-order chi connectivity index (χ0) is 18.1. The van der Waals surface area contributed by atoms with Crippen molar-refractivity contribution in [3.8, 4) is 11.5 Å². The van der Waals surface area contributed by atoms with Gasteiger partial charge in [0.1, 0.15) is 0 Å². The highest BCUT2D eigenvalue weighted by molar-refractivity contribution is 5.92. The summed E-state index contributed by atoms with van der Waals surface area (Å²) in [4.78, 5) is 12.2. The minimum Gasteiger partial charge on any atom is -0.490 e. The summed E-state index contributed by atoms with van der Waals surface area (Å²) in [5.74, 6) is 1.48. The number of nitrogens with one attached hydrogen (secondary N) is 1. The Morgan fingerprint density at radius 1 is 1.00 bits per heavy atom. The number of para-hydroxylation sites is 3. The van der Waals surface area contributed by atoms with Crippen molar-refractivity contribution in [2.24, 2.45) is 0 Å². The van der Waals surface area contributed by atoms with Gasteiger partial charge in [-0.1, -0.05) is 37.3 Å². The maximum Gasteiger partial charge on any atom is 0.224 e. The van der Waals surface area contributed by atoms with Crippen molar-refractivity contribution in [1.29, 1.82) is 0 Å². The van der Waals surface area contributed by atoms with Gasteiger partial charge in [0.15, 0.2) is 11.5 Å². The molecule has 2 aromatic rings. The van der Waals surface area contributed by atoms with E-state index in [1.54, 1.807) is 0 Å². The van der Waals surface area contributed by atoms with Crippen molar-refractivity contribution in [3.05, 3.63) is 53.6 Å². The molecule has 0 aliphatic carbocycles. The molecule has 0 bridgehead atoms. The second-order valence-corrected chi connectivity index (χ2v) is 5.84. The van der Waals surface area contributed by atoms with Crippen LogP contribution in [0.1, 0.15) is 37.8 Å². The predicted molar refractivity (Wildman–Crippen MR) is 102 cm³/mol. The van der Waals surface area contributed by atoms with Gasteiger partial charge in [0.05, 0.1) is 13.2 Å². The molecule has 4 heteroatoms. The summed E-state index contributed by atoms with van der Waals surface area (Å²) in [6, 6.07) is 13.7. The van der Waals surface area contributed by atoms with E-state index in [9.17, 15) is 4.79 Å². The van der Waals surface area contributed by atoms with E-state index in [0.717, 1.165) is 34.7 Å². The molecule has 2 aromatic carbocycles. The molecule has 1 N–H and O–H groups in total. The lowest BCUT2D eigenvalue weighted by Gasteiger charge is -2.13. The molecule has 0 aliphatic rings. The summed E-state index contributed by atoms with van der Waals surface area (Å²) >= 11 is 0. The van der Waals surface area contributed by atoms with Crippen LogP contribution in [0.4, 0.5) is 5.69 Å². The smallest absolute Gasteiger partial charge is 0.224 e. The highest BCUT2D eigenvalue weighted by Gasteiger charge is 2.09. The molecule has 0 spiro atoms. The van der Waals surface area contributed by atoms with E-state index in [-0.39, 0.29) is 5.91 Å². The fourth-order valence-electron chi connectivity index (χ4n) is 2.66. The number of aryl methyl sites for hydroxylation is 2. The van der Waals surface area contributed by atoms with Crippen molar-refractivity contribution in [2.75, 3.05) is 18.5 Å². The largest absolute Gasteiger partial charge is 0.490 e. The Bertz CT molecular complexity index is 697. The quantitative estimate of drug-likeness (QED) is 0.669. The van der Waals surface area contributed by atoms with Crippen LogP contribution in [0.25, 0.3) is 0 Å². The molecule has 1 amide bonds. The van der Waals surface area contributed by atoms with Gasteiger partial charge in [-0.15, -0.1) is 0 Å². The normalized spacial score (nSPS) is 10.4. The van der Waals surface area contributed by atoms with Crippen LogP contribution in [0.3, 0.4) is 0 Å². The molecule has 4 nitrogen and oxygen atoms in total. The van der Waals surface area contributed by atoms with Crippen molar-refractivity contribution in [3.63, 3.8) is 0 Å². The molecule has 0 atom stereocenters. The van der Waals surface area contributed by atoms with Crippen molar-refractivity contribution >= 4 is 11.6 Å². The van der Waals surface area contributed by atoms with Gasteiger partial charge in [0.2, 0.25) is 5.91 Å². The Balaban J connectivity index is 1.82. The van der Waals surface area contributed by atoms with E-state index in [0.29, 0.717) is 26.1 Å². The van der Waals surface area contributed by atoms with Gasteiger partial charge in [-0.25, -0.2) is 0 Å². The number of ether oxygens (including phenoxy) is 2. The monoisotopic (exact) mass is 341 g/mol. The van der Waals surface area contributed by atoms with E-state index in [4.69, 9.17) is 9.47 Å². The van der Waals surface area contributed by atoms with Gasteiger partial charge in [-0.2, -0.15) is 0 Å². The Kier molecular flexibility index (Phi) is 7.33. The standard InChI is InChI=1S/C21H27NO3/c1-4-17-11-8-10-16(3)21(17)22-20(23)14-9-15-25-19-13-7-6-12-18(19)24-5-2/h6-8,10-13H,4-5,9,14-15H2,1-3H3,(H,22,23). The number of carbonyl (C=O) groups is 1. The summed E-state index contributed by atoms with van der Waals surface area (Å²) in [6.45, 7) is 7.12. The topological polar surface area (TPSA) is 47.6 Å². The first-order valence-electron chi connectivity index (χ1n) is 8.88. The van der Waals surface area contributed by atoms with Crippen molar-refractivity contribution in [2.45, 2.75) is 40.0 Å². The molecule has 0 saturated carbocycles. The average molecular weight is 341 g/mol. The van der Waals surface area contributed by atoms with Gasteiger partial charge >= 0.3 is 0 Å². The second-order valence-electron chi connectivity index (χ2n) is 5.84. The molecular formula is C21H27NO3. The van der Waals surface area contributed by atoms with Crippen LogP contribution >= 0.6 is 0 Å². The summed E-state index contributed by atoms with van der Waals surface area (Å²) in [6.07, 6.45) is 1.97. The van der Waals surface area contributed by atoms with Gasteiger partial charge in [-0.3, -0.25) is 4.79 Å². The molecule has 2 rings (SSSR count). The van der Waals surface area contributed by atoms with Gasteiger partial charge in [-0.05, 0) is 49.9 Å². The molecule has 25 heavy (non-hydrogen) atoms. The first-order chi connectivity index (χ1) is 12.2. The highest BCUT2D eigenvalue weighted by atomic mass is 16.5. The fraction of sp³-hybridized carbons (Fsp3) is 0.381. The summed E-state index contributed by atoms with van der Waals surface area (Å²) in [5, 5.41) is 3.04. The Morgan fingerprint density at radius 3 is 2.40 bits per heavy atom. The highest BCUT2D eigenvalue weighted by Crippen LogP contribution is 2.26. The first kappa shape index (κ1) is 18.8. The molecule has 0 fully saturated rings. The maximum absolute atomic E-state index is 12.2. The second kappa shape index (κ2) is 9.72. The van der Waals surface area contributed by atoms with Crippen molar-refractivity contribution < 1.29 is 14.3 Å². The molecule has 0 aliphatic heterocycles. The lowest BCUT2D eigenvalue weighted by Crippen LogP contribution is -2.15. The first-order valence-corrected chi connectivity index (χ1v) is 8.88. The lowest BCUT2D eigenvalue weighted by atomic mass is 10.1. The number of hydrogen-bond acceptors (Lipinski definition) is 3. The van der Waals surface area contributed by atoms with E-state index in [1.807, 2.05) is 50.2 Å². The van der Waals surface area contributed by atoms with Crippen LogP contribution in [0.5, 0.6) is 11.5 Å². The Hall–Kier alpha value is -2.49. The third-order valence-electron chi connectivity index (χ3n) is 3.96. The van der Waals surface area contributed by atoms with E-state index in [1.165, 1.54) is 0 Å². The number of carbonyl (C=O) groups excluding carboxylic acids is 1. The predicted octanol–water partition coefficient (Wildman–Crippen LogP) is 4.75. The molecule has 0 aromatic heterocycles. The van der Waals surface area contributed by atoms with Crippen molar-refractivity contribution in [1.82, 2.24) is 0 Å². The van der Waals surface area contributed by atoms with Crippen LogP contribution < -0.4 is 14.8 Å². The maximum atomic E-state index is 12.2. The van der Waals surface area contributed by atoms with Crippen LogP contribution in [0, 0.1) is 6.92 Å². The third-order valence-corrected chi connectivity index (χ3v) is 3.96. The molecule has 0 saturated heterocycles. The number of benzene rings is 2. The van der Waals surface area contributed by atoms with Gasteiger partial charge in [0, 0.05) is 12.1 Å². The van der Waals surface area contributed by atoms with Crippen LogP contribution in [-0.2, 0) is 11.2 Å². The third kappa shape index (κ3) is 5.52. The number of rotatable bonds is 9. The Labute approximate surface area is 150 Å². The lowest BCUT2D eigenvalue weighted by molar-refractivity contribution is -0.116. The summed E-state index contributed by atoms with van der Waals surface area (Å²) < 4.78 is 11.3. The zero-order valence-electron chi connectivity index (χ0n) is 15.3. The molecular weight excluding hydrogens is 314 g/mol. The zero-order valence-corrected chi connectivity index (χ0v) is 15.3.